The number of rotatable bonds is 7. The van der Waals surface area contributed by atoms with Crippen molar-refractivity contribution < 1.29 is 14.1 Å². The van der Waals surface area contributed by atoms with Gasteiger partial charge in [-0.2, -0.15) is 4.52 Å². The van der Waals surface area contributed by atoms with Crippen LogP contribution < -0.4 is 10.1 Å². The Hall–Kier alpha value is -4.53. The van der Waals surface area contributed by atoms with Gasteiger partial charge < -0.3 is 14.6 Å². The summed E-state index contributed by atoms with van der Waals surface area (Å²) >= 11 is 0. The minimum atomic E-state index is -0.340. The van der Waals surface area contributed by atoms with Crippen LogP contribution in [0.5, 0.6) is 5.88 Å². The van der Waals surface area contributed by atoms with Crippen LogP contribution in [0.25, 0.3) is 28.4 Å². The van der Waals surface area contributed by atoms with Gasteiger partial charge >= 0.3 is 0 Å². The first-order valence-corrected chi connectivity index (χ1v) is 9.99. The maximum Gasteiger partial charge on any atom is 0.273 e. The molecule has 3 aromatic heterocycles. The highest BCUT2D eigenvalue weighted by Gasteiger charge is 2.14. The SMILES string of the molecule is O=C(NCCOc1ccc2nnc(-c3ccccc3)n2n1)c1cc(-c2ccccc2)on1. The van der Waals surface area contributed by atoms with Gasteiger partial charge in [-0.25, -0.2) is 0 Å². The molecule has 5 aromatic rings. The maximum absolute atomic E-state index is 12.3. The lowest BCUT2D eigenvalue weighted by atomic mass is 10.1. The smallest absolute Gasteiger partial charge is 0.273 e. The summed E-state index contributed by atoms with van der Waals surface area (Å²) in [7, 11) is 0. The first kappa shape index (κ1) is 19.4. The Morgan fingerprint density at radius 2 is 1.69 bits per heavy atom. The Morgan fingerprint density at radius 1 is 0.938 bits per heavy atom. The summed E-state index contributed by atoms with van der Waals surface area (Å²) in [6, 6.07) is 24.2. The number of amides is 1. The lowest BCUT2D eigenvalue weighted by Gasteiger charge is -2.06. The molecule has 0 fully saturated rings. The summed E-state index contributed by atoms with van der Waals surface area (Å²) in [5.41, 5.74) is 2.58. The largest absolute Gasteiger partial charge is 0.475 e. The Morgan fingerprint density at radius 3 is 2.47 bits per heavy atom. The highest BCUT2D eigenvalue weighted by atomic mass is 16.5. The lowest BCUT2D eigenvalue weighted by molar-refractivity contribution is 0.0937. The molecule has 9 heteroatoms. The number of ether oxygens (including phenoxy) is 1. The third-order valence-electron chi connectivity index (χ3n) is 4.71. The molecular weight excluding hydrogens is 408 g/mol. The highest BCUT2D eigenvalue weighted by molar-refractivity contribution is 5.93. The second kappa shape index (κ2) is 8.68. The molecule has 0 aliphatic carbocycles. The first-order valence-electron chi connectivity index (χ1n) is 9.99. The van der Waals surface area contributed by atoms with Gasteiger partial charge in [0.2, 0.25) is 5.88 Å². The van der Waals surface area contributed by atoms with Gasteiger partial charge in [-0.3, -0.25) is 4.79 Å². The molecule has 0 radical (unpaired) electrons. The van der Waals surface area contributed by atoms with Crippen molar-refractivity contribution in [2.45, 2.75) is 0 Å². The van der Waals surface area contributed by atoms with Crippen LogP contribution in [0, 0.1) is 0 Å². The van der Waals surface area contributed by atoms with Crippen LogP contribution in [0.2, 0.25) is 0 Å². The van der Waals surface area contributed by atoms with E-state index in [1.54, 1.807) is 22.7 Å². The van der Waals surface area contributed by atoms with Crippen molar-refractivity contribution in [2.75, 3.05) is 13.2 Å². The fraction of sp³-hybridized carbons (Fsp3) is 0.0870. The van der Waals surface area contributed by atoms with Gasteiger partial charge in [-0.15, -0.1) is 15.3 Å². The van der Waals surface area contributed by atoms with Gasteiger partial charge in [0.1, 0.15) is 6.61 Å². The summed E-state index contributed by atoms with van der Waals surface area (Å²) in [6.07, 6.45) is 0. The second-order valence-corrected chi connectivity index (χ2v) is 6.88. The number of fused-ring (bicyclic) bond motifs is 1. The molecule has 9 nitrogen and oxygen atoms in total. The van der Waals surface area contributed by atoms with E-state index in [4.69, 9.17) is 9.26 Å². The molecule has 0 bridgehead atoms. The van der Waals surface area contributed by atoms with E-state index in [2.05, 4.69) is 25.8 Å². The molecular formula is C23H18N6O3. The predicted molar refractivity (Wildman–Crippen MR) is 116 cm³/mol. The number of nitrogens with one attached hydrogen (secondary N) is 1. The van der Waals surface area contributed by atoms with Crippen LogP contribution in [-0.4, -0.2) is 44.0 Å². The van der Waals surface area contributed by atoms with Crippen LogP contribution in [0.3, 0.4) is 0 Å². The monoisotopic (exact) mass is 426 g/mol. The molecule has 0 saturated carbocycles. The molecule has 0 spiro atoms. The maximum atomic E-state index is 12.3. The van der Waals surface area contributed by atoms with Gasteiger partial charge in [-0.1, -0.05) is 65.8 Å². The van der Waals surface area contributed by atoms with Crippen LogP contribution in [0.1, 0.15) is 10.5 Å². The minimum Gasteiger partial charge on any atom is -0.475 e. The minimum absolute atomic E-state index is 0.209. The summed E-state index contributed by atoms with van der Waals surface area (Å²) < 4.78 is 12.6. The fourth-order valence-electron chi connectivity index (χ4n) is 3.15. The zero-order valence-electron chi connectivity index (χ0n) is 16.9. The zero-order chi connectivity index (χ0) is 21.8. The molecule has 0 saturated heterocycles. The Labute approximate surface area is 182 Å². The van der Waals surface area contributed by atoms with Gasteiger partial charge in [0.15, 0.2) is 22.9 Å². The Bertz CT molecular complexity index is 1350. The third kappa shape index (κ3) is 4.04. The van der Waals surface area contributed by atoms with Gasteiger partial charge in [0.25, 0.3) is 5.91 Å². The third-order valence-corrected chi connectivity index (χ3v) is 4.71. The molecule has 0 aliphatic heterocycles. The number of hydrogen-bond acceptors (Lipinski definition) is 7. The van der Waals surface area contributed by atoms with Crippen molar-refractivity contribution in [1.29, 1.82) is 0 Å². The number of benzene rings is 2. The van der Waals surface area contributed by atoms with Crippen LogP contribution in [-0.2, 0) is 0 Å². The number of hydrogen-bond donors (Lipinski definition) is 1. The number of nitrogens with zero attached hydrogens (tertiary/aromatic N) is 5. The van der Waals surface area contributed by atoms with E-state index >= 15 is 0 Å². The first-order chi connectivity index (χ1) is 15.8. The summed E-state index contributed by atoms with van der Waals surface area (Å²) in [6.45, 7) is 0.510. The van der Waals surface area contributed by atoms with E-state index in [0.29, 0.717) is 23.1 Å². The average molecular weight is 426 g/mol. The topological polar surface area (TPSA) is 107 Å². The summed E-state index contributed by atoms with van der Waals surface area (Å²) in [4.78, 5) is 12.3. The van der Waals surface area contributed by atoms with Crippen molar-refractivity contribution in [1.82, 2.24) is 30.3 Å². The summed E-state index contributed by atoms with van der Waals surface area (Å²) in [5.74, 6) is 1.22. The number of carbonyl (C=O) groups excluding carboxylic acids is 1. The Balaban J connectivity index is 1.19. The molecule has 32 heavy (non-hydrogen) atoms. The van der Waals surface area contributed by atoms with Crippen LogP contribution in [0.4, 0.5) is 0 Å². The van der Waals surface area contributed by atoms with Crippen molar-refractivity contribution in [2.24, 2.45) is 0 Å². The Kier molecular flexibility index (Phi) is 5.27. The predicted octanol–water partition coefficient (Wildman–Crippen LogP) is 3.26. The fourth-order valence-corrected chi connectivity index (χ4v) is 3.15. The van der Waals surface area contributed by atoms with E-state index in [9.17, 15) is 4.79 Å². The summed E-state index contributed by atoms with van der Waals surface area (Å²) in [5, 5.41) is 19.4. The lowest BCUT2D eigenvalue weighted by Crippen LogP contribution is -2.28. The number of carbonyl (C=O) groups is 1. The van der Waals surface area contributed by atoms with E-state index in [0.717, 1.165) is 11.1 Å². The van der Waals surface area contributed by atoms with Crippen molar-refractivity contribution in [3.8, 4) is 28.6 Å². The van der Waals surface area contributed by atoms with Crippen molar-refractivity contribution in [3.63, 3.8) is 0 Å². The molecule has 3 heterocycles. The normalized spacial score (nSPS) is 10.9. The van der Waals surface area contributed by atoms with Gasteiger partial charge in [0, 0.05) is 23.3 Å². The van der Waals surface area contributed by atoms with E-state index in [1.165, 1.54) is 0 Å². The van der Waals surface area contributed by atoms with Gasteiger partial charge in [0.05, 0.1) is 6.54 Å². The zero-order valence-corrected chi connectivity index (χ0v) is 16.9. The molecule has 2 aromatic carbocycles. The van der Waals surface area contributed by atoms with Crippen LogP contribution in [0.15, 0.2) is 83.4 Å². The van der Waals surface area contributed by atoms with Crippen LogP contribution >= 0.6 is 0 Å². The van der Waals surface area contributed by atoms with Gasteiger partial charge in [-0.05, 0) is 6.07 Å². The van der Waals surface area contributed by atoms with Crippen molar-refractivity contribution >= 4 is 11.6 Å². The highest BCUT2D eigenvalue weighted by Crippen LogP contribution is 2.20. The average Bonchev–Trinajstić information content (AvgIpc) is 3.50. The molecule has 0 aliphatic rings. The molecule has 1 N–H and O–H groups in total. The standard InChI is InChI=1S/C23H18N6O3/c30-23(18-15-19(32-28-18)16-7-3-1-4-8-16)24-13-14-31-21-12-11-20-25-26-22(29(20)27-21)17-9-5-2-6-10-17/h1-12,15H,13-14H2,(H,24,30). The molecule has 158 valence electrons. The van der Waals surface area contributed by atoms with E-state index in [-0.39, 0.29) is 24.8 Å². The van der Waals surface area contributed by atoms with E-state index < -0.39 is 0 Å². The molecule has 5 rings (SSSR count). The molecule has 1 amide bonds. The quantitative estimate of drug-likeness (QED) is 0.398. The number of aromatic nitrogens is 5. The second-order valence-electron chi connectivity index (χ2n) is 6.88. The van der Waals surface area contributed by atoms with Crippen molar-refractivity contribution in [3.05, 3.63) is 84.6 Å². The van der Waals surface area contributed by atoms with E-state index in [1.807, 2.05) is 60.7 Å². The molecule has 0 atom stereocenters. The molecule has 0 unspecified atom stereocenters.